The maximum absolute atomic E-state index is 11.8. The number of carbonyl (C=O) groups excluding carboxylic acids is 1. The average Bonchev–Trinajstić information content (AvgIpc) is 2.34. The molecular formula is C12H10ClN3O2. The summed E-state index contributed by atoms with van der Waals surface area (Å²) >= 11 is 5.78. The highest BCUT2D eigenvalue weighted by molar-refractivity contribution is 6.31. The van der Waals surface area contributed by atoms with E-state index in [4.69, 9.17) is 11.6 Å². The van der Waals surface area contributed by atoms with E-state index in [9.17, 15) is 9.90 Å². The predicted octanol–water partition coefficient (Wildman–Crippen LogP) is 2.40. The number of phenols is 1. The van der Waals surface area contributed by atoms with Crippen LogP contribution in [0.3, 0.4) is 0 Å². The van der Waals surface area contributed by atoms with Crippen molar-refractivity contribution in [3.8, 4) is 5.75 Å². The highest BCUT2D eigenvalue weighted by Gasteiger charge is 2.10. The quantitative estimate of drug-likeness (QED) is 0.816. The highest BCUT2D eigenvalue weighted by atomic mass is 35.5. The minimum Gasteiger partial charge on any atom is -0.506 e. The molecule has 0 unspecified atom stereocenters. The molecule has 1 amide bonds. The number of benzene rings is 1. The van der Waals surface area contributed by atoms with E-state index in [1.54, 1.807) is 6.92 Å². The number of hydrogen-bond acceptors (Lipinski definition) is 4. The number of aryl methyl sites for hydroxylation is 1. The molecule has 0 aliphatic carbocycles. The van der Waals surface area contributed by atoms with Crippen LogP contribution in [0.15, 0.2) is 30.6 Å². The Balaban J connectivity index is 2.21. The molecule has 1 aromatic carbocycles. The fourth-order valence-corrected chi connectivity index (χ4v) is 1.48. The van der Waals surface area contributed by atoms with Gasteiger partial charge in [0.05, 0.1) is 17.6 Å². The maximum Gasteiger partial charge on any atom is 0.275 e. The number of aromatic hydroxyl groups is 1. The number of hydrogen-bond donors (Lipinski definition) is 2. The van der Waals surface area contributed by atoms with E-state index in [1.165, 1.54) is 30.6 Å². The summed E-state index contributed by atoms with van der Waals surface area (Å²) in [6.45, 7) is 1.78. The molecule has 0 fully saturated rings. The van der Waals surface area contributed by atoms with Gasteiger partial charge in [-0.05, 0) is 25.1 Å². The van der Waals surface area contributed by atoms with Gasteiger partial charge in [0.2, 0.25) is 0 Å². The molecule has 0 bridgehead atoms. The number of phenolic OH excluding ortho intramolecular Hbond substituents is 1. The Labute approximate surface area is 108 Å². The Morgan fingerprint density at radius 1 is 1.33 bits per heavy atom. The van der Waals surface area contributed by atoms with Crippen LogP contribution in [0.1, 0.15) is 16.2 Å². The van der Waals surface area contributed by atoms with Gasteiger partial charge in [-0.25, -0.2) is 4.98 Å². The monoisotopic (exact) mass is 263 g/mol. The molecule has 0 aliphatic heterocycles. The lowest BCUT2D eigenvalue weighted by Gasteiger charge is -2.07. The lowest BCUT2D eigenvalue weighted by atomic mass is 10.3. The van der Waals surface area contributed by atoms with Crippen LogP contribution in [0.25, 0.3) is 0 Å². The molecule has 0 saturated heterocycles. The number of aromatic nitrogens is 2. The van der Waals surface area contributed by atoms with E-state index >= 15 is 0 Å². The van der Waals surface area contributed by atoms with Gasteiger partial charge in [0.1, 0.15) is 11.4 Å². The van der Waals surface area contributed by atoms with Crippen LogP contribution in [0.4, 0.5) is 5.69 Å². The summed E-state index contributed by atoms with van der Waals surface area (Å²) in [5.41, 5.74) is 1.12. The molecule has 2 N–H and O–H groups in total. The van der Waals surface area contributed by atoms with E-state index in [1.807, 2.05) is 0 Å². The lowest BCUT2D eigenvalue weighted by molar-refractivity contribution is 0.102. The van der Waals surface area contributed by atoms with Gasteiger partial charge in [0.25, 0.3) is 5.91 Å². The standard InChI is InChI=1S/C12H10ClN3O2/c1-7-5-15-10(6-14-7)12(18)16-9-4-8(13)2-3-11(9)17/h2-6,17H,1H3,(H,16,18). The molecule has 6 heteroatoms. The second-order valence-corrected chi connectivity index (χ2v) is 4.10. The molecular weight excluding hydrogens is 254 g/mol. The fraction of sp³-hybridized carbons (Fsp3) is 0.0833. The predicted molar refractivity (Wildman–Crippen MR) is 67.8 cm³/mol. The van der Waals surface area contributed by atoms with Crippen LogP contribution in [0, 0.1) is 6.92 Å². The van der Waals surface area contributed by atoms with Gasteiger partial charge in [0.15, 0.2) is 0 Å². The zero-order chi connectivity index (χ0) is 13.1. The SMILES string of the molecule is Cc1cnc(C(=O)Nc2cc(Cl)ccc2O)cn1. The molecule has 18 heavy (non-hydrogen) atoms. The molecule has 0 saturated carbocycles. The minimum atomic E-state index is -0.458. The molecule has 0 spiro atoms. The van der Waals surface area contributed by atoms with Crippen LogP contribution in [0.5, 0.6) is 5.75 Å². The second-order valence-electron chi connectivity index (χ2n) is 3.66. The Kier molecular flexibility index (Phi) is 3.43. The summed E-state index contributed by atoms with van der Waals surface area (Å²) in [6, 6.07) is 4.38. The van der Waals surface area contributed by atoms with Crippen LogP contribution in [0.2, 0.25) is 5.02 Å². The van der Waals surface area contributed by atoms with Crippen LogP contribution in [-0.4, -0.2) is 21.0 Å². The fourth-order valence-electron chi connectivity index (χ4n) is 1.30. The summed E-state index contributed by atoms with van der Waals surface area (Å²) in [5, 5.41) is 12.5. The molecule has 0 atom stereocenters. The summed E-state index contributed by atoms with van der Waals surface area (Å²) < 4.78 is 0. The largest absolute Gasteiger partial charge is 0.506 e. The average molecular weight is 264 g/mol. The van der Waals surface area contributed by atoms with Crippen LogP contribution < -0.4 is 5.32 Å². The zero-order valence-corrected chi connectivity index (χ0v) is 10.3. The molecule has 1 aromatic heterocycles. The first-order chi connectivity index (χ1) is 8.56. The van der Waals surface area contributed by atoms with Crippen molar-refractivity contribution >= 4 is 23.2 Å². The molecule has 5 nitrogen and oxygen atoms in total. The van der Waals surface area contributed by atoms with E-state index in [-0.39, 0.29) is 17.1 Å². The summed E-state index contributed by atoms with van der Waals surface area (Å²) in [4.78, 5) is 19.7. The molecule has 1 heterocycles. The normalized spacial score (nSPS) is 10.1. The van der Waals surface area contributed by atoms with Gasteiger partial charge in [-0.3, -0.25) is 9.78 Å². The first-order valence-corrected chi connectivity index (χ1v) is 5.52. The molecule has 2 rings (SSSR count). The van der Waals surface area contributed by atoms with Gasteiger partial charge in [-0.2, -0.15) is 0 Å². The lowest BCUT2D eigenvalue weighted by Crippen LogP contribution is -2.14. The van der Waals surface area contributed by atoms with Crippen molar-refractivity contribution in [1.29, 1.82) is 0 Å². The number of halogens is 1. The van der Waals surface area contributed by atoms with Crippen molar-refractivity contribution in [2.24, 2.45) is 0 Å². The van der Waals surface area contributed by atoms with Gasteiger partial charge in [-0.1, -0.05) is 11.6 Å². The van der Waals surface area contributed by atoms with Crippen LogP contribution in [-0.2, 0) is 0 Å². The first kappa shape index (κ1) is 12.3. The topological polar surface area (TPSA) is 75.1 Å². The molecule has 2 aromatic rings. The summed E-state index contributed by atoms with van der Waals surface area (Å²) in [6.07, 6.45) is 2.86. The van der Waals surface area contributed by atoms with E-state index in [0.717, 1.165) is 5.69 Å². The Bertz CT molecular complexity index is 584. The van der Waals surface area contributed by atoms with Crippen molar-refractivity contribution in [3.05, 3.63) is 47.0 Å². The molecule has 0 radical (unpaired) electrons. The Morgan fingerprint density at radius 2 is 2.11 bits per heavy atom. The van der Waals surface area contributed by atoms with Gasteiger partial charge in [0, 0.05) is 11.2 Å². The van der Waals surface area contributed by atoms with E-state index in [2.05, 4.69) is 15.3 Å². The third-order valence-corrected chi connectivity index (χ3v) is 2.46. The van der Waals surface area contributed by atoms with Crippen molar-refractivity contribution in [3.63, 3.8) is 0 Å². The van der Waals surface area contributed by atoms with Crippen molar-refractivity contribution in [2.45, 2.75) is 6.92 Å². The van der Waals surface area contributed by atoms with Crippen molar-refractivity contribution in [1.82, 2.24) is 9.97 Å². The van der Waals surface area contributed by atoms with Crippen LogP contribution >= 0.6 is 11.6 Å². The first-order valence-electron chi connectivity index (χ1n) is 5.15. The highest BCUT2D eigenvalue weighted by Crippen LogP contribution is 2.26. The molecule has 0 aliphatic rings. The number of anilines is 1. The zero-order valence-electron chi connectivity index (χ0n) is 9.51. The molecule has 92 valence electrons. The number of rotatable bonds is 2. The second kappa shape index (κ2) is 5.01. The summed E-state index contributed by atoms with van der Waals surface area (Å²) in [7, 11) is 0. The number of nitrogens with one attached hydrogen (secondary N) is 1. The van der Waals surface area contributed by atoms with Gasteiger partial charge >= 0.3 is 0 Å². The third-order valence-electron chi connectivity index (χ3n) is 2.22. The van der Waals surface area contributed by atoms with Gasteiger partial charge < -0.3 is 10.4 Å². The maximum atomic E-state index is 11.8. The van der Waals surface area contributed by atoms with E-state index < -0.39 is 5.91 Å². The third kappa shape index (κ3) is 2.75. The Morgan fingerprint density at radius 3 is 2.78 bits per heavy atom. The number of carbonyl (C=O) groups is 1. The number of nitrogens with zero attached hydrogens (tertiary/aromatic N) is 2. The smallest absolute Gasteiger partial charge is 0.275 e. The van der Waals surface area contributed by atoms with Crippen molar-refractivity contribution in [2.75, 3.05) is 5.32 Å². The summed E-state index contributed by atoms with van der Waals surface area (Å²) in [5.74, 6) is -0.520. The minimum absolute atomic E-state index is 0.0622. The van der Waals surface area contributed by atoms with Gasteiger partial charge in [-0.15, -0.1) is 0 Å². The van der Waals surface area contributed by atoms with E-state index in [0.29, 0.717) is 5.02 Å². The Hall–Kier alpha value is -2.14. The van der Waals surface area contributed by atoms with Crippen molar-refractivity contribution < 1.29 is 9.90 Å². The number of amides is 1.